The average molecular weight is 242 g/mol. The number of β-lactam (4-membered cyclic amide) rings is 1. The molecule has 16 heavy (non-hydrogen) atoms. The van der Waals surface area contributed by atoms with Gasteiger partial charge in [-0.3, -0.25) is 9.59 Å². The molecule has 88 valence electrons. The fourth-order valence-corrected chi connectivity index (χ4v) is 3.58. The number of fused-ring (bicyclic) bond motifs is 1. The zero-order chi connectivity index (χ0) is 11.9. The number of hydrogen-bond acceptors (Lipinski definition) is 4. The molecule has 2 saturated heterocycles. The summed E-state index contributed by atoms with van der Waals surface area (Å²) in [7, 11) is 0. The molecule has 2 fully saturated rings. The van der Waals surface area contributed by atoms with E-state index in [-0.39, 0.29) is 17.8 Å². The van der Waals surface area contributed by atoms with E-state index in [2.05, 4.69) is 0 Å². The van der Waals surface area contributed by atoms with Crippen molar-refractivity contribution in [3.05, 3.63) is 12.2 Å². The number of aliphatic carboxylic acids is 1. The van der Waals surface area contributed by atoms with Crippen LogP contribution in [0.2, 0.25) is 0 Å². The van der Waals surface area contributed by atoms with Crippen LogP contribution in [0.4, 0.5) is 0 Å². The standard InChI is InChI=1S/C10H14N2O3S/c1-2-3-10(9(14)15)4-12-7(13)6(11)8(12)16-5-10/h2-3,6,8H,4-5,11H2,1H3,(H,14,15)/b3-2-/t6?,8-,10?/m1/s1. The predicted octanol–water partition coefficient (Wildman–Crippen LogP) is -0.124. The zero-order valence-electron chi connectivity index (χ0n) is 8.92. The van der Waals surface area contributed by atoms with E-state index in [1.165, 1.54) is 11.8 Å². The first-order chi connectivity index (χ1) is 7.52. The zero-order valence-corrected chi connectivity index (χ0v) is 9.74. The van der Waals surface area contributed by atoms with Crippen molar-refractivity contribution in [2.75, 3.05) is 12.3 Å². The van der Waals surface area contributed by atoms with Crippen molar-refractivity contribution in [3.63, 3.8) is 0 Å². The largest absolute Gasteiger partial charge is 0.481 e. The summed E-state index contributed by atoms with van der Waals surface area (Å²) in [4.78, 5) is 24.3. The molecule has 2 aliphatic heterocycles. The first-order valence-electron chi connectivity index (χ1n) is 5.07. The van der Waals surface area contributed by atoms with E-state index in [0.29, 0.717) is 5.75 Å². The Bertz CT molecular complexity index is 371. The Labute approximate surface area is 97.7 Å². The number of hydrogen-bond donors (Lipinski definition) is 2. The Morgan fingerprint density at radius 1 is 1.75 bits per heavy atom. The van der Waals surface area contributed by atoms with Crippen LogP contribution >= 0.6 is 11.8 Å². The van der Waals surface area contributed by atoms with Gasteiger partial charge in [0.25, 0.3) is 0 Å². The van der Waals surface area contributed by atoms with Gasteiger partial charge in [-0.05, 0) is 6.92 Å². The van der Waals surface area contributed by atoms with E-state index in [9.17, 15) is 14.7 Å². The third-order valence-corrected chi connectivity index (χ3v) is 4.63. The van der Waals surface area contributed by atoms with Gasteiger partial charge in [0.1, 0.15) is 16.8 Å². The van der Waals surface area contributed by atoms with Gasteiger partial charge >= 0.3 is 5.97 Å². The summed E-state index contributed by atoms with van der Waals surface area (Å²) in [5.41, 5.74) is 4.69. The molecule has 5 nitrogen and oxygen atoms in total. The quantitative estimate of drug-likeness (QED) is 0.521. The summed E-state index contributed by atoms with van der Waals surface area (Å²) < 4.78 is 0. The summed E-state index contributed by atoms with van der Waals surface area (Å²) in [6.07, 6.45) is 3.38. The maximum atomic E-state index is 11.5. The molecule has 0 bridgehead atoms. The highest BCUT2D eigenvalue weighted by Crippen LogP contribution is 2.42. The summed E-state index contributed by atoms with van der Waals surface area (Å²) in [5, 5.41) is 9.23. The van der Waals surface area contributed by atoms with E-state index in [0.717, 1.165) is 0 Å². The van der Waals surface area contributed by atoms with Gasteiger partial charge < -0.3 is 15.7 Å². The number of carbonyl (C=O) groups excluding carboxylic acids is 1. The monoisotopic (exact) mass is 242 g/mol. The van der Waals surface area contributed by atoms with Crippen LogP contribution < -0.4 is 5.73 Å². The van der Waals surface area contributed by atoms with Crippen molar-refractivity contribution >= 4 is 23.6 Å². The van der Waals surface area contributed by atoms with Gasteiger partial charge in [-0.2, -0.15) is 0 Å². The lowest BCUT2D eigenvalue weighted by atomic mass is 9.87. The maximum absolute atomic E-state index is 11.5. The van der Waals surface area contributed by atoms with Crippen molar-refractivity contribution in [3.8, 4) is 0 Å². The molecule has 0 radical (unpaired) electrons. The fraction of sp³-hybridized carbons (Fsp3) is 0.600. The Morgan fingerprint density at radius 3 is 3.00 bits per heavy atom. The van der Waals surface area contributed by atoms with Gasteiger partial charge in [0.2, 0.25) is 5.91 Å². The minimum Gasteiger partial charge on any atom is -0.481 e. The molecule has 6 heteroatoms. The second-order valence-corrected chi connectivity index (χ2v) is 5.26. The highest BCUT2D eigenvalue weighted by Gasteiger charge is 2.54. The lowest BCUT2D eigenvalue weighted by Crippen LogP contribution is -2.71. The van der Waals surface area contributed by atoms with Crippen LogP contribution in [0.25, 0.3) is 0 Å². The van der Waals surface area contributed by atoms with E-state index in [1.807, 2.05) is 0 Å². The van der Waals surface area contributed by atoms with Crippen LogP contribution in [0.1, 0.15) is 6.92 Å². The number of rotatable bonds is 2. The van der Waals surface area contributed by atoms with Gasteiger partial charge in [-0.1, -0.05) is 12.2 Å². The highest BCUT2D eigenvalue weighted by atomic mass is 32.2. The van der Waals surface area contributed by atoms with Gasteiger partial charge in [-0.25, -0.2) is 0 Å². The van der Waals surface area contributed by atoms with Gasteiger partial charge in [0.05, 0.1) is 0 Å². The molecule has 0 spiro atoms. The van der Waals surface area contributed by atoms with Crippen molar-refractivity contribution < 1.29 is 14.7 Å². The van der Waals surface area contributed by atoms with Gasteiger partial charge in [0.15, 0.2) is 0 Å². The summed E-state index contributed by atoms with van der Waals surface area (Å²) in [6.45, 7) is 2.02. The fourth-order valence-electron chi connectivity index (χ4n) is 2.12. The Morgan fingerprint density at radius 2 is 2.44 bits per heavy atom. The molecule has 3 atom stereocenters. The SMILES string of the molecule is C/C=C\C1(C(=O)O)CS[C@@H]2C(N)C(=O)N2C1. The van der Waals surface area contributed by atoms with Gasteiger partial charge in [0, 0.05) is 12.3 Å². The van der Waals surface area contributed by atoms with Crippen molar-refractivity contribution in [2.45, 2.75) is 18.3 Å². The lowest BCUT2D eigenvalue weighted by molar-refractivity contribution is -0.153. The molecule has 2 unspecified atom stereocenters. The van der Waals surface area contributed by atoms with Crippen molar-refractivity contribution in [2.24, 2.45) is 11.1 Å². The van der Waals surface area contributed by atoms with Crippen LogP contribution in [-0.2, 0) is 9.59 Å². The predicted molar refractivity (Wildman–Crippen MR) is 60.8 cm³/mol. The first kappa shape index (κ1) is 11.5. The number of nitrogens with two attached hydrogens (primary N) is 1. The minimum atomic E-state index is -0.953. The van der Waals surface area contributed by atoms with Crippen molar-refractivity contribution in [1.82, 2.24) is 4.90 Å². The van der Waals surface area contributed by atoms with E-state index in [1.54, 1.807) is 24.0 Å². The molecule has 0 aromatic rings. The molecule has 2 heterocycles. The van der Waals surface area contributed by atoms with Crippen LogP contribution in [-0.4, -0.2) is 45.6 Å². The second kappa shape index (κ2) is 3.78. The average Bonchev–Trinajstić information content (AvgIpc) is 2.28. The smallest absolute Gasteiger partial charge is 0.316 e. The Hall–Kier alpha value is -1.01. The molecule has 2 rings (SSSR count). The summed E-state index contributed by atoms with van der Waals surface area (Å²) in [5.74, 6) is -0.563. The maximum Gasteiger partial charge on any atom is 0.316 e. The number of amides is 1. The molecule has 3 N–H and O–H groups in total. The minimum absolute atomic E-state index is 0.0368. The lowest BCUT2D eigenvalue weighted by Gasteiger charge is -2.52. The highest BCUT2D eigenvalue weighted by molar-refractivity contribution is 8.00. The molecule has 2 aliphatic rings. The van der Waals surface area contributed by atoms with E-state index in [4.69, 9.17) is 5.73 Å². The number of carboxylic acid groups (broad SMARTS) is 1. The second-order valence-electron chi connectivity index (χ2n) is 4.15. The number of carbonyl (C=O) groups is 2. The number of carboxylic acids is 1. The van der Waals surface area contributed by atoms with Crippen LogP contribution in [0, 0.1) is 5.41 Å². The summed E-state index contributed by atoms with van der Waals surface area (Å²) >= 11 is 1.45. The molecule has 0 saturated carbocycles. The van der Waals surface area contributed by atoms with Gasteiger partial charge in [-0.15, -0.1) is 11.8 Å². The molecular formula is C10H14N2O3S. The number of thioether (sulfide) groups is 1. The van der Waals surface area contributed by atoms with E-state index >= 15 is 0 Å². The Kier molecular flexibility index (Phi) is 2.71. The molecular weight excluding hydrogens is 228 g/mol. The molecule has 0 aliphatic carbocycles. The Balaban J connectivity index is 2.20. The number of nitrogens with zero attached hydrogens (tertiary/aromatic N) is 1. The third kappa shape index (κ3) is 1.44. The summed E-state index contributed by atoms with van der Waals surface area (Å²) in [6, 6.07) is -0.456. The topological polar surface area (TPSA) is 83.6 Å². The van der Waals surface area contributed by atoms with Crippen LogP contribution in [0.15, 0.2) is 12.2 Å². The third-order valence-electron chi connectivity index (χ3n) is 3.06. The normalized spacial score (nSPS) is 38.4. The van der Waals surface area contributed by atoms with Crippen LogP contribution in [0.3, 0.4) is 0 Å². The number of allylic oxidation sites excluding steroid dienone is 1. The molecule has 0 aromatic heterocycles. The molecule has 0 aromatic carbocycles. The van der Waals surface area contributed by atoms with E-state index < -0.39 is 17.4 Å². The molecule has 1 amide bonds. The van der Waals surface area contributed by atoms with Crippen molar-refractivity contribution in [1.29, 1.82) is 0 Å². The van der Waals surface area contributed by atoms with Crippen LogP contribution in [0.5, 0.6) is 0 Å². The first-order valence-corrected chi connectivity index (χ1v) is 6.11.